The topological polar surface area (TPSA) is 98.1 Å². The molecule has 1 aliphatic heterocycles. The van der Waals surface area contributed by atoms with Crippen molar-refractivity contribution in [1.29, 1.82) is 0 Å². The standard InChI is InChI=1S/C25H28FN5O/c1-15-5-3-6-16(2)23(15)24-19(26)12-20(28)25(30-24)22(32)11-17-13-29-9-8-21(17)31-10-4-7-18(27)14-31/h3,5-6,8-9,12-13,18H,4,7,10-11,14,27-28H2,1-2H3/t18-/m0/s1. The van der Waals surface area contributed by atoms with Crippen molar-refractivity contribution >= 4 is 17.2 Å². The first-order valence-corrected chi connectivity index (χ1v) is 10.8. The molecule has 0 amide bonds. The van der Waals surface area contributed by atoms with E-state index < -0.39 is 5.82 Å². The fourth-order valence-electron chi connectivity index (χ4n) is 4.44. The Hall–Kier alpha value is -3.32. The summed E-state index contributed by atoms with van der Waals surface area (Å²) in [6.45, 7) is 5.41. The van der Waals surface area contributed by atoms with Crippen LogP contribution >= 0.6 is 0 Å². The van der Waals surface area contributed by atoms with Crippen molar-refractivity contribution in [3.8, 4) is 11.3 Å². The highest BCUT2D eigenvalue weighted by Crippen LogP contribution is 2.31. The minimum atomic E-state index is -0.541. The number of nitrogens with two attached hydrogens (primary N) is 2. The van der Waals surface area contributed by atoms with Gasteiger partial charge in [0.2, 0.25) is 0 Å². The molecule has 4 N–H and O–H groups in total. The van der Waals surface area contributed by atoms with Crippen LogP contribution in [0.4, 0.5) is 15.8 Å². The van der Waals surface area contributed by atoms with Gasteiger partial charge in [-0.25, -0.2) is 9.37 Å². The largest absolute Gasteiger partial charge is 0.397 e. The smallest absolute Gasteiger partial charge is 0.187 e. The Kier molecular flexibility index (Phi) is 6.19. The van der Waals surface area contributed by atoms with Crippen LogP contribution in [0.5, 0.6) is 0 Å². The molecular weight excluding hydrogens is 405 g/mol. The van der Waals surface area contributed by atoms with E-state index in [1.165, 1.54) is 6.07 Å². The van der Waals surface area contributed by atoms with Gasteiger partial charge in [0.25, 0.3) is 0 Å². The minimum Gasteiger partial charge on any atom is -0.397 e. The summed E-state index contributed by atoms with van der Waals surface area (Å²) in [7, 11) is 0. The molecule has 3 heterocycles. The molecule has 0 aliphatic carbocycles. The van der Waals surface area contributed by atoms with E-state index in [1.54, 1.807) is 12.4 Å². The molecule has 0 unspecified atom stereocenters. The summed E-state index contributed by atoms with van der Waals surface area (Å²) in [6.07, 6.45) is 5.48. The first-order valence-electron chi connectivity index (χ1n) is 10.8. The highest BCUT2D eigenvalue weighted by molar-refractivity contribution is 6.01. The summed E-state index contributed by atoms with van der Waals surface area (Å²) < 4.78 is 14.8. The monoisotopic (exact) mass is 433 g/mol. The molecule has 166 valence electrons. The Morgan fingerprint density at radius 3 is 2.72 bits per heavy atom. The van der Waals surface area contributed by atoms with Gasteiger partial charge in [-0.15, -0.1) is 0 Å². The molecule has 32 heavy (non-hydrogen) atoms. The number of Topliss-reactive ketones (excluding diaryl/α,β-unsaturated/α-hetero) is 1. The molecule has 0 radical (unpaired) electrons. The molecule has 1 fully saturated rings. The van der Waals surface area contributed by atoms with Gasteiger partial charge in [0, 0.05) is 60.8 Å². The molecular formula is C25H28FN5O. The van der Waals surface area contributed by atoms with Gasteiger partial charge >= 0.3 is 0 Å². The number of nitrogens with zero attached hydrogens (tertiary/aromatic N) is 3. The fraction of sp³-hybridized carbons (Fsp3) is 0.320. The Balaban J connectivity index is 1.68. The first kappa shape index (κ1) is 21.9. The maximum absolute atomic E-state index is 14.8. The third-order valence-corrected chi connectivity index (χ3v) is 6.01. The highest BCUT2D eigenvalue weighted by atomic mass is 19.1. The average molecular weight is 434 g/mol. The predicted molar refractivity (Wildman–Crippen MR) is 125 cm³/mol. The minimum absolute atomic E-state index is 0.0351. The maximum atomic E-state index is 14.8. The summed E-state index contributed by atoms with van der Waals surface area (Å²) >= 11 is 0. The molecule has 0 saturated carbocycles. The van der Waals surface area contributed by atoms with Crippen LogP contribution in [0.25, 0.3) is 11.3 Å². The molecule has 1 aliphatic rings. The zero-order chi connectivity index (χ0) is 22.8. The van der Waals surface area contributed by atoms with Crippen molar-refractivity contribution in [1.82, 2.24) is 9.97 Å². The zero-order valence-electron chi connectivity index (χ0n) is 18.4. The van der Waals surface area contributed by atoms with Gasteiger partial charge in [0.05, 0.1) is 5.69 Å². The van der Waals surface area contributed by atoms with Gasteiger partial charge in [-0.05, 0) is 43.9 Å². The Bertz CT molecular complexity index is 1140. The fourth-order valence-corrected chi connectivity index (χ4v) is 4.44. The lowest BCUT2D eigenvalue weighted by Gasteiger charge is -2.33. The number of carbonyl (C=O) groups is 1. The van der Waals surface area contributed by atoms with E-state index >= 15 is 0 Å². The summed E-state index contributed by atoms with van der Waals surface area (Å²) in [5, 5.41) is 0. The van der Waals surface area contributed by atoms with E-state index in [0.29, 0.717) is 5.56 Å². The number of aromatic nitrogens is 2. The van der Waals surface area contributed by atoms with Crippen molar-refractivity contribution in [3.63, 3.8) is 0 Å². The lowest BCUT2D eigenvalue weighted by Crippen LogP contribution is -2.43. The number of piperidine rings is 1. The van der Waals surface area contributed by atoms with Crippen LogP contribution in [0.3, 0.4) is 0 Å². The number of anilines is 2. The van der Waals surface area contributed by atoms with Crippen LogP contribution in [-0.2, 0) is 6.42 Å². The number of carbonyl (C=O) groups excluding carboxylic acids is 1. The maximum Gasteiger partial charge on any atom is 0.187 e. The van der Waals surface area contributed by atoms with E-state index in [-0.39, 0.29) is 35.3 Å². The summed E-state index contributed by atoms with van der Waals surface area (Å²) in [5.74, 6) is -0.814. The van der Waals surface area contributed by atoms with Gasteiger partial charge in [-0.3, -0.25) is 9.78 Å². The van der Waals surface area contributed by atoms with Gasteiger partial charge in [0.1, 0.15) is 11.4 Å². The van der Waals surface area contributed by atoms with Crippen LogP contribution in [0, 0.1) is 19.7 Å². The Labute approximate surface area is 187 Å². The average Bonchev–Trinajstić information content (AvgIpc) is 2.75. The van der Waals surface area contributed by atoms with Gasteiger partial charge in [-0.2, -0.15) is 0 Å². The molecule has 0 bridgehead atoms. The number of hydrogen-bond acceptors (Lipinski definition) is 6. The quantitative estimate of drug-likeness (QED) is 0.594. The molecule has 4 rings (SSSR count). The number of hydrogen-bond donors (Lipinski definition) is 2. The van der Waals surface area contributed by atoms with E-state index in [1.807, 2.05) is 38.1 Å². The number of halogens is 1. The van der Waals surface area contributed by atoms with Crippen LogP contribution in [-0.4, -0.2) is 34.9 Å². The number of rotatable bonds is 5. The molecule has 6 nitrogen and oxygen atoms in total. The van der Waals surface area contributed by atoms with Crippen molar-refractivity contribution in [3.05, 3.63) is 70.9 Å². The number of benzene rings is 1. The van der Waals surface area contributed by atoms with E-state index in [2.05, 4.69) is 14.9 Å². The summed E-state index contributed by atoms with van der Waals surface area (Å²) in [6, 6.07) is 8.90. The lowest BCUT2D eigenvalue weighted by atomic mass is 9.98. The third-order valence-electron chi connectivity index (χ3n) is 6.01. The SMILES string of the molecule is Cc1cccc(C)c1-c1nc(C(=O)Cc2cnccc2N2CCC[C@H](N)C2)c(N)cc1F. The predicted octanol–water partition coefficient (Wildman–Crippen LogP) is 3.83. The van der Waals surface area contributed by atoms with Crippen LogP contribution in [0.15, 0.2) is 42.7 Å². The normalized spacial score (nSPS) is 16.2. The zero-order valence-corrected chi connectivity index (χ0v) is 18.4. The van der Waals surface area contributed by atoms with Crippen LogP contribution in [0.2, 0.25) is 0 Å². The second-order valence-electron chi connectivity index (χ2n) is 8.48. The number of nitrogen functional groups attached to an aromatic ring is 1. The Morgan fingerprint density at radius 1 is 1.25 bits per heavy atom. The molecule has 3 aromatic rings. The second kappa shape index (κ2) is 9.04. The van der Waals surface area contributed by atoms with E-state index in [0.717, 1.165) is 48.3 Å². The van der Waals surface area contributed by atoms with Gasteiger partial charge < -0.3 is 16.4 Å². The van der Waals surface area contributed by atoms with Crippen molar-refractivity contribution in [2.24, 2.45) is 5.73 Å². The molecule has 1 saturated heterocycles. The lowest BCUT2D eigenvalue weighted by molar-refractivity contribution is 0.0989. The van der Waals surface area contributed by atoms with Crippen molar-refractivity contribution in [2.75, 3.05) is 23.7 Å². The highest BCUT2D eigenvalue weighted by Gasteiger charge is 2.23. The van der Waals surface area contributed by atoms with Crippen molar-refractivity contribution in [2.45, 2.75) is 39.2 Å². The molecule has 1 aromatic carbocycles. The second-order valence-corrected chi connectivity index (χ2v) is 8.48. The van der Waals surface area contributed by atoms with Crippen LogP contribution < -0.4 is 16.4 Å². The molecule has 0 spiro atoms. The Morgan fingerprint density at radius 2 is 2.00 bits per heavy atom. The van der Waals surface area contributed by atoms with Gasteiger partial charge in [-0.1, -0.05) is 18.2 Å². The van der Waals surface area contributed by atoms with E-state index in [9.17, 15) is 9.18 Å². The van der Waals surface area contributed by atoms with Crippen LogP contribution in [0.1, 0.15) is 40.0 Å². The number of pyridine rings is 2. The van der Waals surface area contributed by atoms with E-state index in [4.69, 9.17) is 11.5 Å². The van der Waals surface area contributed by atoms with Crippen molar-refractivity contribution < 1.29 is 9.18 Å². The molecule has 2 aromatic heterocycles. The summed E-state index contributed by atoms with van der Waals surface area (Å²) in [5.41, 5.74) is 16.6. The number of ketones is 1. The molecule has 7 heteroatoms. The third kappa shape index (κ3) is 4.34. The summed E-state index contributed by atoms with van der Waals surface area (Å²) in [4.78, 5) is 24.1. The number of aryl methyl sites for hydroxylation is 2. The first-order chi connectivity index (χ1) is 15.3. The molecule has 1 atom stereocenters. The van der Waals surface area contributed by atoms with Gasteiger partial charge in [0.15, 0.2) is 11.6 Å².